The first-order chi connectivity index (χ1) is 9.34. The first kappa shape index (κ1) is 15.0. The van der Waals surface area contributed by atoms with Crippen molar-refractivity contribution < 1.29 is 9.21 Å². The molecule has 5 heteroatoms. The number of amides is 1. The number of rotatable bonds is 3. The molecule has 1 saturated carbocycles. The van der Waals surface area contributed by atoms with Gasteiger partial charge in [-0.3, -0.25) is 4.79 Å². The minimum Gasteiger partial charge on any atom is -0.466 e. The van der Waals surface area contributed by atoms with E-state index in [1.807, 2.05) is 6.92 Å². The van der Waals surface area contributed by atoms with E-state index in [0.717, 1.165) is 31.4 Å². The Balaban J connectivity index is 2.19. The Morgan fingerprint density at radius 3 is 2.50 bits per heavy atom. The number of furan rings is 1. The normalized spacial score (nSPS) is 26.2. The van der Waals surface area contributed by atoms with Crippen molar-refractivity contribution in [3.8, 4) is 0 Å². The summed E-state index contributed by atoms with van der Waals surface area (Å²) in [7, 11) is 0. The van der Waals surface area contributed by atoms with E-state index in [4.69, 9.17) is 22.4 Å². The standard InChI is InChI=1S/C15H22N2O2S/c1-9-4-6-15(7-5-9,14(16)20)17-13(18)12-8-10(2)19-11(12)3/h8-9H,4-7H2,1-3H3,(H2,16,20)(H,17,18). The van der Waals surface area contributed by atoms with E-state index < -0.39 is 5.54 Å². The smallest absolute Gasteiger partial charge is 0.255 e. The fourth-order valence-electron chi connectivity index (χ4n) is 2.83. The van der Waals surface area contributed by atoms with E-state index in [1.165, 1.54) is 0 Å². The molecule has 0 unspecified atom stereocenters. The number of thiocarbonyl (C=S) groups is 1. The van der Waals surface area contributed by atoms with Gasteiger partial charge >= 0.3 is 0 Å². The average Bonchev–Trinajstić information content (AvgIpc) is 2.71. The molecule has 0 bridgehead atoms. The first-order valence-corrected chi connectivity index (χ1v) is 7.44. The van der Waals surface area contributed by atoms with Gasteiger partial charge in [-0.25, -0.2) is 0 Å². The van der Waals surface area contributed by atoms with Crippen molar-refractivity contribution in [3.05, 3.63) is 23.2 Å². The Bertz CT molecular complexity index is 528. The molecule has 4 nitrogen and oxygen atoms in total. The van der Waals surface area contributed by atoms with E-state index in [-0.39, 0.29) is 5.91 Å². The van der Waals surface area contributed by atoms with Crippen LogP contribution >= 0.6 is 12.2 Å². The van der Waals surface area contributed by atoms with E-state index >= 15 is 0 Å². The molecular formula is C15H22N2O2S. The van der Waals surface area contributed by atoms with Gasteiger partial charge in [-0.05, 0) is 51.5 Å². The Morgan fingerprint density at radius 1 is 1.45 bits per heavy atom. The molecule has 0 aliphatic heterocycles. The van der Waals surface area contributed by atoms with Gasteiger partial charge in [0, 0.05) is 0 Å². The molecule has 1 aliphatic carbocycles. The summed E-state index contributed by atoms with van der Waals surface area (Å²) < 4.78 is 5.41. The highest BCUT2D eigenvalue weighted by molar-refractivity contribution is 7.80. The summed E-state index contributed by atoms with van der Waals surface area (Å²) >= 11 is 5.21. The third kappa shape index (κ3) is 2.87. The predicted molar refractivity (Wildman–Crippen MR) is 82.8 cm³/mol. The Morgan fingerprint density at radius 2 is 2.05 bits per heavy atom. The van der Waals surface area contributed by atoms with Crippen LogP contribution in [0.1, 0.15) is 54.5 Å². The van der Waals surface area contributed by atoms with Crippen molar-refractivity contribution in [1.29, 1.82) is 0 Å². The summed E-state index contributed by atoms with van der Waals surface area (Å²) in [5.74, 6) is 1.87. The van der Waals surface area contributed by atoms with Crippen molar-refractivity contribution in [1.82, 2.24) is 5.32 Å². The van der Waals surface area contributed by atoms with E-state index in [9.17, 15) is 4.79 Å². The lowest BCUT2D eigenvalue weighted by atomic mass is 9.77. The van der Waals surface area contributed by atoms with Crippen LogP contribution in [0.25, 0.3) is 0 Å². The van der Waals surface area contributed by atoms with E-state index in [2.05, 4.69) is 12.2 Å². The zero-order valence-electron chi connectivity index (χ0n) is 12.3. The first-order valence-electron chi connectivity index (χ1n) is 7.03. The summed E-state index contributed by atoms with van der Waals surface area (Å²) in [6.45, 7) is 5.84. The maximum atomic E-state index is 12.5. The third-order valence-corrected chi connectivity index (χ3v) is 4.63. The zero-order chi connectivity index (χ0) is 14.9. The van der Waals surface area contributed by atoms with E-state index in [1.54, 1.807) is 13.0 Å². The molecule has 1 amide bonds. The molecule has 110 valence electrons. The van der Waals surface area contributed by atoms with Crippen molar-refractivity contribution in [3.63, 3.8) is 0 Å². The van der Waals surface area contributed by atoms with Crippen LogP contribution in [0.4, 0.5) is 0 Å². The number of nitrogens with two attached hydrogens (primary N) is 1. The molecule has 0 atom stereocenters. The lowest BCUT2D eigenvalue weighted by molar-refractivity contribution is 0.0899. The number of carbonyl (C=O) groups excluding carboxylic acids is 1. The van der Waals surface area contributed by atoms with Crippen LogP contribution in [0.2, 0.25) is 0 Å². The summed E-state index contributed by atoms with van der Waals surface area (Å²) in [4.78, 5) is 12.8. The zero-order valence-corrected chi connectivity index (χ0v) is 13.1. The Kier molecular flexibility index (Phi) is 4.18. The van der Waals surface area contributed by atoms with Crippen LogP contribution in [0.5, 0.6) is 0 Å². The summed E-state index contributed by atoms with van der Waals surface area (Å²) in [6.07, 6.45) is 3.68. The monoisotopic (exact) mass is 294 g/mol. The minimum absolute atomic E-state index is 0.151. The Labute approximate surface area is 125 Å². The summed E-state index contributed by atoms with van der Waals surface area (Å²) in [5.41, 5.74) is 5.93. The lowest BCUT2D eigenvalue weighted by Crippen LogP contribution is -2.58. The molecule has 1 aromatic heterocycles. The largest absolute Gasteiger partial charge is 0.466 e. The van der Waals surface area contributed by atoms with Crippen LogP contribution in [-0.4, -0.2) is 16.4 Å². The molecule has 1 aliphatic rings. The van der Waals surface area contributed by atoms with Crippen LogP contribution in [-0.2, 0) is 0 Å². The maximum absolute atomic E-state index is 12.5. The summed E-state index contributed by atoms with van der Waals surface area (Å²) in [5, 5.41) is 3.06. The van der Waals surface area contributed by atoms with Gasteiger partial charge in [0.1, 0.15) is 11.5 Å². The summed E-state index contributed by atoms with van der Waals surface area (Å²) in [6, 6.07) is 1.75. The van der Waals surface area contributed by atoms with Crippen LogP contribution in [0, 0.1) is 19.8 Å². The van der Waals surface area contributed by atoms with Crippen LogP contribution in [0.3, 0.4) is 0 Å². The van der Waals surface area contributed by atoms with Gasteiger partial charge in [-0.1, -0.05) is 19.1 Å². The molecule has 1 heterocycles. The van der Waals surface area contributed by atoms with Gasteiger partial charge in [0.25, 0.3) is 5.91 Å². The second kappa shape index (κ2) is 5.56. The number of hydrogen-bond acceptors (Lipinski definition) is 3. The van der Waals surface area contributed by atoms with Gasteiger partial charge < -0.3 is 15.5 Å². The number of aryl methyl sites for hydroxylation is 2. The molecule has 0 spiro atoms. The third-order valence-electron chi connectivity index (χ3n) is 4.24. The maximum Gasteiger partial charge on any atom is 0.255 e. The van der Waals surface area contributed by atoms with Gasteiger partial charge in [0.2, 0.25) is 0 Å². The van der Waals surface area contributed by atoms with Crippen molar-refractivity contribution in [2.24, 2.45) is 11.7 Å². The number of carbonyl (C=O) groups is 1. The van der Waals surface area contributed by atoms with Crippen molar-refractivity contribution in [2.45, 2.75) is 52.0 Å². The van der Waals surface area contributed by atoms with Crippen LogP contribution in [0.15, 0.2) is 10.5 Å². The number of nitrogens with one attached hydrogen (secondary N) is 1. The lowest BCUT2D eigenvalue weighted by Gasteiger charge is -2.39. The molecule has 0 aromatic carbocycles. The Hall–Kier alpha value is -1.36. The molecule has 3 N–H and O–H groups in total. The molecule has 1 fully saturated rings. The number of hydrogen-bond donors (Lipinski definition) is 2. The van der Waals surface area contributed by atoms with E-state index in [0.29, 0.717) is 22.2 Å². The molecular weight excluding hydrogens is 272 g/mol. The fraction of sp³-hybridized carbons (Fsp3) is 0.600. The highest BCUT2D eigenvalue weighted by Crippen LogP contribution is 2.32. The topological polar surface area (TPSA) is 68.3 Å². The second-order valence-corrected chi connectivity index (χ2v) is 6.35. The van der Waals surface area contributed by atoms with Gasteiger partial charge in [-0.15, -0.1) is 0 Å². The van der Waals surface area contributed by atoms with Gasteiger partial charge in [-0.2, -0.15) is 0 Å². The minimum atomic E-state index is -0.545. The van der Waals surface area contributed by atoms with Gasteiger partial charge in [0.15, 0.2) is 0 Å². The van der Waals surface area contributed by atoms with Crippen LogP contribution < -0.4 is 11.1 Å². The predicted octanol–water partition coefficient (Wildman–Crippen LogP) is 2.86. The molecule has 0 saturated heterocycles. The quantitative estimate of drug-likeness (QED) is 0.841. The molecule has 1 aromatic rings. The van der Waals surface area contributed by atoms with Gasteiger partial charge in [0.05, 0.1) is 16.1 Å². The molecule has 0 radical (unpaired) electrons. The molecule has 2 rings (SSSR count). The highest BCUT2D eigenvalue weighted by atomic mass is 32.1. The highest BCUT2D eigenvalue weighted by Gasteiger charge is 2.38. The fourth-order valence-corrected chi connectivity index (χ4v) is 3.08. The SMILES string of the molecule is Cc1cc(C(=O)NC2(C(N)=S)CCC(C)CC2)c(C)o1. The van der Waals surface area contributed by atoms with Crippen molar-refractivity contribution in [2.75, 3.05) is 0 Å². The molecule has 20 heavy (non-hydrogen) atoms. The second-order valence-electron chi connectivity index (χ2n) is 5.91. The average molecular weight is 294 g/mol. The van der Waals surface area contributed by atoms with Crippen molar-refractivity contribution >= 4 is 23.1 Å².